The molecular formula is C17H15ClFN3O2. The van der Waals surface area contributed by atoms with Gasteiger partial charge in [-0.3, -0.25) is 4.90 Å². The second-order valence-corrected chi connectivity index (χ2v) is 5.90. The molecule has 0 unspecified atom stereocenters. The molecule has 0 radical (unpaired) electrons. The number of hydrogen-bond acceptors (Lipinski definition) is 2. The van der Waals surface area contributed by atoms with Crippen molar-refractivity contribution in [1.82, 2.24) is 4.90 Å². The minimum absolute atomic E-state index is 0.242. The number of rotatable bonds is 2. The van der Waals surface area contributed by atoms with Gasteiger partial charge in [0.1, 0.15) is 5.82 Å². The minimum atomic E-state index is -0.590. The number of hydrogen-bond donors (Lipinski definition) is 1. The van der Waals surface area contributed by atoms with Crippen LogP contribution in [0.1, 0.15) is 5.56 Å². The summed E-state index contributed by atoms with van der Waals surface area (Å²) >= 11 is 5.94. The summed E-state index contributed by atoms with van der Waals surface area (Å²) in [7, 11) is 0. The number of imide groups is 1. The molecule has 0 spiro atoms. The van der Waals surface area contributed by atoms with Gasteiger partial charge < -0.3 is 5.32 Å². The molecule has 3 rings (SSSR count). The van der Waals surface area contributed by atoms with E-state index < -0.39 is 17.9 Å². The van der Waals surface area contributed by atoms with Crippen LogP contribution in [0.3, 0.4) is 0 Å². The Morgan fingerprint density at radius 3 is 2.71 bits per heavy atom. The van der Waals surface area contributed by atoms with Crippen LogP contribution < -0.4 is 10.2 Å². The third-order valence-electron chi connectivity index (χ3n) is 3.80. The average molecular weight is 348 g/mol. The third-order valence-corrected chi connectivity index (χ3v) is 4.03. The fraction of sp³-hybridized carbons (Fsp3) is 0.176. The Bertz CT molecular complexity index is 812. The summed E-state index contributed by atoms with van der Waals surface area (Å²) in [4.78, 5) is 27.3. The maximum atomic E-state index is 13.6. The number of amides is 4. The molecule has 0 atom stereocenters. The lowest BCUT2D eigenvalue weighted by atomic mass is 10.2. The van der Waals surface area contributed by atoms with Crippen LogP contribution >= 0.6 is 11.6 Å². The van der Waals surface area contributed by atoms with Crippen molar-refractivity contribution < 1.29 is 14.0 Å². The van der Waals surface area contributed by atoms with Crippen molar-refractivity contribution in [2.45, 2.75) is 6.92 Å². The number of carbonyl (C=O) groups is 2. The molecule has 1 aliphatic heterocycles. The lowest BCUT2D eigenvalue weighted by Crippen LogP contribution is -2.39. The normalized spacial score (nSPS) is 14.2. The molecule has 7 heteroatoms. The van der Waals surface area contributed by atoms with Crippen LogP contribution in [0.2, 0.25) is 5.02 Å². The summed E-state index contributed by atoms with van der Waals surface area (Å²) in [5.74, 6) is -0.416. The van der Waals surface area contributed by atoms with Crippen molar-refractivity contribution in [3.8, 4) is 0 Å². The maximum Gasteiger partial charge on any atom is 0.332 e. The molecule has 0 saturated carbocycles. The molecule has 1 fully saturated rings. The van der Waals surface area contributed by atoms with Crippen molar-refractivity contribution in [3.05, 3.63) is 58.9 Å². The molecule has 0 aliphatic carbocycles. The molecule has 4 amide bonds. The molecule has 5 nitrogen and oxygen atoms in total. The van der Waals surface area contributed by atoms with Crippen LogP contribution in [0.5, 0.6) is 0 Å². The summed E-state index contributed by atoms with van der Waals surface area (Å²) in [6.07, 6.45) is 0. The van der Waals surface area contributed by atoms with Crippen LogP contribution in [0.15, 0.2) is 42.5 Å². The zero-order chi connectivity index (χ0) is 17.3. The number of benzene rings is 2. The minimum Gasteiger partial charge on any atom is -0.307 e. The second-order valence-electron chi connectivity index (χ2n) is 5.46. The van der Waals surface area contributed by atoms with Crippen LogP contribution in [-0.2, 0) is 0 Å². The van der Waals surface area contributed by atoms with Gasteiger partial charge in [-0.15, -0.1) is 0 Å². The van der Waals surface area contributed by atoms with Crippen LogP contribution in [0, 0.1) is 12.7 Å². The predicted molar refractivity (Wildman–Crippen MR) is 91.1 cm³/mol. The van der Waals surface area contributed by atoms with E-state index in [4.69, 9.17) is 11.6 Å². The summed E-state index contributed by atoms with van der Waals surface area (Å²) in [6.45, 7) is 2.24. The van der Waals surface area contributed by atoms with E-state index in [1.165, 1.54) is 11.0 Å². The quantitative estimate of drug-likeness (QED) is 0.882. The average Bonchev–Trinajstić information content (AvgIpc) is 2.93. The van der Waals surface area contributed by atoms with Gasteiger partial charge in [-0.25, -0.2) is 18.9 Å². The fourth-order valence-corrected chi connectivity index (χ4v) is 2.66. The molecule has 1 aliphatic rings. The highest BCUT2D eigenvalue weighted by atomic mass is 35.5. The van der Waals surface area contributed by atoms with Gasteiger partial charge in [-0.05, 0) is 42.8 Å². The van der Waals surface area contributed by atoms with Gasteiger partial charge in [-0.1, -0.05) is 23.7 Å². The Morgan fingerprint density at radius 2 is 2.00 bits per heavy atom. The Kier molecular flexibility index (Phi) is 4.40. The standard InChI is InChI=1S/C17H15ClFN3O2/c1-11-5-6-13(10-15(11)19)20-16(23)22-8-7-21(17(22)24)14-4-2-3-12(18)9-14/h2-6,9-10H,7-8H2,1H3,(H,20,23). The smallest absolute Gasteiger partial charge is 0.307 e. The van der Waals surface area contributed by atoms with Gasteiger partial charge >= 0.3 is 12.1 Å². The summed E-state index contributed by atoms with van der Waals surface area (Å²) in [6, 6.07) is 10.2. The summed E-state index contributed by atoms with van der Waals surface area (Å²) in [5.41, 5.74) is 1.42. The van der Waals surface area contributed by atoms with Gasteiger partial charge in [-0.2, -0.15) is 0 Å². The molecule has 1 saturated heterocycles. The lowest BCUT2D eigenvalue weighted by Gasteiger charge is -2.18. The number of nitrogens with zero attached hydrogens (tertiary/aromatic N) is 2. The molecule has 2 aromatic rings. The Labute approximate surface area is 143 Å². The molecule has 24 heavy (non-hydrogen) atoms. The molecule has 0 bridgehead atoms. The number of nitrogens with one attached hydrogen (secondary N) is 1. The Morgan fingerprint density at radius 1 is 1.21 bits per heavy atom. The number of carbonyl (C=O) groups excluding carboxylic acids is 2. The van der Waals surface area contributed by atoms with E-state index in [0.717, 1.165) is 4.90 Å². The van der Waals surface area contributed by atoms with Gasteiger partial charge in [0, 0.05) is 22.9 Å². The van der Waals surface area contributed by atoms with E-state index in [-0.39, 0.29) is 6.54 Å². The fourth-order valence-electron chi connectivity index (χ4n) is 2.47. The van der Waals surface area contributed by atoms with E-state index in [1.807, 2.05) is 0 Å². The maximum absolute atomic E-state index is 13.6. The first-order valence-corrected chi connectivity index (χ1v) is 7.75. The van der Waals surface area contributed by atoms with E-state index in [1.54, 1.807) is 43.3 Å². The topological polar surface area (TPSA) is 52.7 Å². The Balaban J connectivity index is 1.72. The molecule has 1 N–H and O–H groups in total. The predicted octanol–water partition coefficient (Wildman–Crippen LogP) is 4.26. The van der Waals surface area contributed by atoms with E-state index in [2.05, 4.69) is 5.32 Å². The van der Waals surface area contributed by atoms with Gasteiger partial charge in [0.15, 0.2) is 0 Å². The first-order valence-electron chi connectivity index (χ1n) is 7.37. The highest BCUT2D eigenvalue weighted by Crippen LogP contribution is 2.24. The SMILES string of the molecule is Cc1ccc(NC(=O)N2CCN(c3cccc(Cl)c3)C2=O)cc1F. The first-order chi connectivity index (χ1) is 11.5. The van der Waals surface area contributed by atoms with E-state index in [9.17, 15) is 14.0 Å². The Hall–Kier alpha value is -2.60. The van der Waals surface area contributed by atoms with Crippen LogP contribution in [0.4, 0.5) is 25.4 Å². The lowest BCUT2D eigenvalue weighted by molar-refractivity contribution is 0.209. The number of anilines is 2. The first kappa shape index (κ1) is 16.3. The van der Waals surface area contributed by atoms with Crippen molar-refractivity contribution in [2.24, 2.45) is 0 Å². The van der Waals surface area contributed by atoms with Gasteiger partial charge in [0.05, 0.1) is 6.54 Å². The van der Waals surface area contributed by atoms with Gasteiger partial charge in [0.25, 0.3) is 0 Å². The molecule has 0 aromatic heterocycles. The number of halogens is 2. The number of aryl methyl sites for hydroxylation is 1. The third kappa shape index (κ3) is 3.19. The number of urea groups is 2. The van der Waals surface area contributed by atoms with Crippen molar-refractivity contribution >= 4 is 35.0 Å². The zero-order valence-corrected chi connectivity index (χ0v) is 13.7. The van der Waals surface area contributed by atoms with Crippen LogP contribution in [-0.4, -0.2) is 30.1 Å². The van der Waals surface area contributed by atoms with E-state index >= 15 is 0 Å². The zero-order valence-electron chi connectivity index (χ0n) is 12.9. The monoisotopic (exact) mass is 347 g/mol. The van der Waals surface area contributed by atoms with Gasteiger partial charge in [0.2, 0.25) is 0 Å². The largest absolute Gasteiger partial charge is 0.332 e. The van der Waals surface area contributed by atoms with E-state index in [0.29, 0.717) is 28.5 Å². The van der Waals surface area contributed by atoms with Crippen molar-refractivity contribution in [3.63, 3.8) is 0 Å². The molecule has 2 aromatic carbocycles. The molecule has 1 heterocycles. The van der Waals surface area contributed by atoms with Crippen molar-refractivity contribution in [1.29, 1.82) is 0 Å². The summed E-state index contributed by atoms with van der Waals surface area (Å²) < 4.78 is 13.6. The highest BCUT2D eigenvalue weighted by molar-refractivity contribution is 6.31. The summed E-state index contributed by atoms with van der Waals surface area (Å²) in [5, 5.41) is 3.05. The highest BCUT2D eigenvalue weighted by Gasteiger charge is 2.34. The molecule has 124 valence electrons. The second kappa shape index (κ2) is 6.49. The van der Waals surface area contributed by atoms with Crippen molar-refractivity contribution in [2.75, 3.05) is 23.3 Å². The molecular weight excluding hydrogens is 333 g/mol. The van der Waals surface area contributed by atoms with Crippen LogP contribution in [0.25, 0.3) is 0 Å².